The van der Waals surface area contributed by atoms with E-state index in [9.17, 15) is 0 Å². The van der Waals surface area contributed by atoms with Gasteiger partial charge in [0.25, 0.3) is 0 Å². The van der Waals surface area contributed by atoms with Crippen LogP contribution in [-0.4, -0.2) is 6.61 Å². The molecule has 0 saturated carbocycles. The van der Waals surface area contributed by atoms with E-state index in [1.807, 2.05) is 0 Å². The summed E-state index contributed by atoms with van der Waals surface area (Å²) in [5.74, 6) is 0.988. The first-order chi connectivity index (χ1) is 6.59. The van der Waals surface area contributed by atoms with Gasteiger partial charge in [0.2, 0.25) is 0 Å². The van der Waals surface area contributed by atoms with Crippen molar-refractivity contribution in [3.63, 3.8) is 0 Å². The molecular weight excluding hydrogens is 172 g/mol. The number of ether oxygens (including phenoxy) is 1. The summed E-state index contributed by atoms with van der Waals surface area (Å²) in [4.78, 5) is 0. The lowest BCUT2D eigenvalue weighted by Crippen LogP contribution is -1.96. The number of rotatable bonds is 3. The van der Waals surface area contributed by atoms with Crippen LogP contribution < -0.4 is 4.74 Å². The molecule has 0 bridgehead atoms. The predicted octanol–water partition coefficient (Wildman–Crippen LogP) is 3.65. The minimum Gasteiger partial charge on any atom is -0.489 e. The maximum Gasteiger partial charge on any atom is 0.122 e. The molecule has 0 aromatic heterocycles. The Bertz CT molecular complexity index is 333. The number of hydrogen-bond donors (Lipinski definition) is 0. The van der Waals surface area contributed by atoms with Crippen molar-refractivity contribution in [2.45, 2.75) is 27.7 Å². The first kappa shape index (κ1) is 10.8. The molecule has 0 aliphatic rings. The van der Waals surface area contributed by atoms with Crippen LogP contribution in [-0.2, 0) is 0 Å². The number of benzene rings is 1. The van der Waals surface area contributed by atoms with E-state index in [1.165, 1.54) is 16.7 Å². The average Bonchev–Trinajstić information content (AvgIpc) is 2.10. The van der Waals surface area contributed by atoms with Crippen molar-refractivity contribution in [1.82, 2.24) is 0 Å². The molecule has 0 spiro atoms. The van der Waals surface area contributed by atoms with Crippen LogP contribution >= 0.6 is 0 Å². The van der Waals surface area contributed by atoms with Crippen LogP contribution in [0, 0.1) is 13.8 Å². The second kappa shape index (κ2) is 4.85. The fraction of sp³-hybridized carbons (Fsp3) is 0.385. The summed E-state index contributed by atoms with van der Waals surface area (Å²) >= 11 is 0. The van der Waals surface area contributed by atoms with E-state index in [2.05, 4.69) is 52.0 Å². The molecule has 14 heavy (non-hydrogen) atoms. The van der Waals surface area contributed by atoms with Crippen molar-refractivity contribution in [2.24, 2.45) is 0 Å². The zero-order chi connectivity index (χ0) is 10.6. The molecule has 0 heterocycles. The molecule has 0 aliphatic heterocycles. The summed E-state index contributed by atoms with van der Waals surface area (Å²) < 4.78 is 5.65. The Morgan fingerprint density at radius 2 is 2.00 bits per heavy atom. The molecule has 0 fully saturated rings. The maximum atomic E-state index is 5.65. The highest BCUT2D eigenvalue weighted by Gasteiger charge is 1.97. The van der Waals surface area contributed by atoms with E-state index in [0.29, 0.717) is 6.61 Å². The molecule has 0 saturated heterocycles. The third-order valence-corrected chi connectivity index (χ3v) is 2.07. The summed E-state index contributed by atoms with van der Waals surface area (Å²) in [5.41, 5.74) is 3.72. The van der Waals surface area contributed by atoms with Gasteiger partial charge in [-0.05, 0) is 51.0 Å². The number of aryl methyl sites for hydroxylation is 2. The Hall–Kier alpha value is -1.24. The Labute approximate surface area is 86.4 Å². The monoisotopic (exact) mass is 190 g/mol. The lowest BCUT2D eigenvalue weighted by atomic mass is 10.1. The molecule has 0 amide bonds. The largest absolute Gasteiger partial charge is 0.489 e. The van der Waals surface area contributed by atoms with Crippen LogP contribution in [0.3, 0.4) is 0 Å². The van der Waals surface area contributed by atoms with E-state index in [4.69, 9.17) is 4.74 Å². The summed E-state index contributed by atoms with van der Waals surface area (Å²) in [5, 5.41) is 0. The van der Waals surface area contributed by atoms with Gasteiger partial charge in [0.1, 0.15) is 12.4 Å². The average molecular weight is 190 g/mol. The summed E-state index contributed by atoms with van der Waals surface area (Å²) in [7, 11) is 0. The number of hydrogen-bond acceptors (Lipinski definition) is 1. The van der Waals surface area contributed by atoms with E-state index < -0.39 is 0 Å². The van der Waals surface area contributed by atoms with Crippen molar-refractivity contribution in [3.05, 3.63) is 41.0 Å². The Morgan fingerprint density at radius 1 is 1.29 bits per heavy atom. The Kier molecular flexibility index (Phi) is 3.75. The second-order valence-electron chi connectivity index (χ2n) is 3.86. The van der Waals surface area contributed by atoms with Crippen molar-refractivity contribution in [2.75, 3.05) is 6.61 Å². The smallest absolute Gasteiger partial charge is 0.122 e. The van der Waals surface area contributed by atoms with E-state index in [1.54, 1.807) is 0 Å². The van der Waals surface area contributed by atoms with Gasteiger partial charge in [-0.25, -0.2) is 0 Å². The van der Waals surface area contributed by atoms with Gasteiger partial charge in [-0.15, -0.1) is 0 Å². The molecule has 1 aromatic rings. The summed E-state index contributed by atoms with van der Waals surface area (Å²) in [6, 6.07) is 6.27. The lowest BCUT2D eigenvalue weighted by Gasteiger charge is -2.07. The highest BCUT2D eigenvalue weighted by molar-refractivity contribution is 5.36. The molecular formula is C13H18O. The molecule has 0 N–H and O–H groups in total. The highest BCUT2D eigenvalue weighted by atomic mass is 16.5. The van der Waals surface area contributed by atoms with Crippen LogP contribution in [0.4, 0.5) is 0 Å². The zero-order valence-corrected chi connectivity index (χ0v) is 9.42. The van der Waals surface area contributed by atoms with Crippen molar-refractivity contribution in [1.29, 1.82) is 0 Å². The standard InChI is InChI=1S/C13H18O/c1-10(2)7-8-14-13-9-11(3)5-6-12(13)4/h5-7,9H,8H2,1-4H3. The quantitative estimate of drug-likeness (QED) is 0.661. The second-order valence-corrected chi connectivity index (χ2v) is 3.86. The SMILES string of the molecule is CC(C)=CCOc1cc(C)ccc1C. The van der Waals surface area contributed by atoms with Gasteiger partial charge in [0.05, 0.1) is 0 Å². The molecule has 0 radical (unpaired) electrons. The fourth-order valence-electron chi connectivity index (χ4n) is 1.16. The van der Waals surface area contributed by atoms with Gasteiger partial charge < -0.3 is 4.74 Å². The van der Waals surface area contributed by atoms with Crippen molar-refractivity contribution in [3.8, 4) is 5.75 Å². The van der Waals surface area contributed by atoms with Gasteiger partial charge in [0.15, 0.2) is 0 Å². The number of allylic oxidation sites excluding steroid dienone is 1. The molecule has 0 atom stereocenters. The van der Waals surface area contributed by atoms with Gasteiger partial charge in [-0.1, -0.05) is 17.7 Å². The van der Waals surface area contributed by atoms with Gasteiger partial charge in [0, 0.05) is 0 Å². The summed E-state index contributed by atoms with van der Waals surface area (Å²) in [6.45, 7) is 8.95. The first-order valence-electron chi connectivity index (χ1n) is 4.93. The first-order valence-corrected chi connectivity index (χ1v) is 4.93. The zero-order valence-electron chi connectivity index (χ0n) is 9.42. The Morgan fingerprint density at radius 3 is 2.64 bits per heavy atom. The van der Waals surface area contributed by atoms with Gasteiger partial charge in [-0.3, -0.25) is 0 Å². The normalized spacial score (nSPS) is 9.71. The van der Waals surface area contributed by atoms with E-state index in [0.717, 1.165) is 5.75 Å². The molecule has 1 rings (SSSR count). The fourth-order valence-corrected chi connectivity index (χ4v) is 1.16. The molecule has 0 unspecified atom stereocenters. The highest BCUT2D eigenvalue weighted by Crippen LogP contribution is 2.18. The van der Waals surface area contributed by atoms with Gasteiger partial charge in [-0.2, -0.15) is 0 Å². The van der Waals surface area contributed by atoms with Crippen LogP contribution in [0.1, 0.15) is 25.0 Å². The third-order valence-electron chi connectivity index (χ3n) is 2.07. The molecule has 1 nitrogen and oxygen atoms in total. The molecule has 1 heteroatoms. The molecule has 1 aromatic carbocycles. The molecule has 76 valence electrons. The molecule has 0 aliphatic carbocycles. The lowest BCUT2D eigenvalue weighted by molar-refractivity contribution is 0.359. The van der Waals surface area contributed by atoms with Crippen molar-refractivity contribution >= 4 is 0 Å². The Balaban J connectivity index is 2.67. The van der Waals surface area contributed by atoms with Gasteiger partial charge >= 0.3 is 0 Å². The van der Waals surface area contributed by atoms with Crippen LogP contribution in [0.2, 0.25) is 0 Å². The van der Waals surface area contributed by atoms with Crippen LogP contribution in [0.25, 0.3) is 0 Å². The summed E-state index contributed by atoms with van der Waals surface area (Å²) in [6.07, 6.45) is 2.09. The maximum absolute atomic E-state index is 5.65. The minimum atomic E-state index is 0.659. The van der Waals surface area contributed by atoms with Crippen LogP contribution in [0.5, 0.6) is 5.75 Å². The van der Waals surface area contributed by atoms with E-state index in [-0.39, 0.29) is 0 Å². The minimum absolute atomic E-state index is 0.659. The van der Waals surface area contributed by atoms with E-state index >= 15 is 0 Å². The topological polar surface area (TPSA) is 9.23 Å². The predicted molar refractivity (Wildman–Crippen MR) is 60.8 cm³/mol. The van der Waals surface area contributed by atoms with Crippen LogP contribution in [0.15, 0.2) is 29.8 Å². The van der Waals surface area contributed by atoms with Crippen molar-refractivity contribution < 1.29 is 4.74 Å². The third kappa shape index (κ3) is 3.25.